The van der Waals surface area contributed by atoms with Gasteiger partial charge in [0.05, 0.1) is 0 Å². The van der Waals surface area contributed by atoms with Crippen LogP contribution in [-0.4, -0.2) is 30.6 Å². The van der Waals surface area contributed by atoms with Crippen molar-refractivity contribution in [1.82, 2.24) is 24.7 Å². The first-order valence-electron chi connectivity index (χ1n) is 10.3. The normalized spacial score (nSPS) is 11.5. The van der Waals surface area contributed by atoms with Crippen molar-refractivity contribution in [2.75, 3.05) is 10.6 Å². The van der Waals surface area contributed by atoms with Gasteiger partial charge in [-0.25, -0.2) is 9.97 Å². The molecule has 0 fully saturated rings. The van der Waals surface area contributed by atoms with E-state index in [4.69, 9.17) is 0 Å². The summed E-state index contributed by atoms with van der Waals surface area (Å²) in [6.07, 6.45) is -2.94. The molecule has 3 heterocycles. The molecular formula is C23H20F3N7O. The van der Waals surface area contributed by atoms with E-state index in [1.165, 1.54) is 18.2 Å². The van der Waals surface area contributed by atoms with E-state index in [9.17, 15) is 18.0 Å². The van der Waals surface area contributed by atoms with Crippen LogP contribution in [0.3, 0.4) is 0 Å². The first kappa shape index (κ1) is 22.9. The van der Waals surface area contributed by atoms with Gasteiger partial charge < -0.3 is 15.2 Å². The third-order valence-corrected chi connectivity index (χ3v) is 4.79. The Kier molecular flexibility index (Phi) is 6.26. The fourth-order valence-electron chi connectivity index (χ4n) is 3.17. The Balaban J connectivity index is 1.51. The lowest BCUT2D eigenvalue weighted by Gasteiger charge is -2.12. The molecule has 4 rings (SSSR count). The molecular weight excluding hydrogens is 447 g/mol. The van der Waals surface area contributed by atoms with Gasteiger partial charge in [-0.2, -0.15) is 13.2 Å². The lowest BCUT2D eigenvalue weighted by Crippen LogP contribution is -2.14. The van der Waals surface area contributed by atoms with Crippen molar-refractivity contribution in [1.29, 1.82) is 0 Å². The van der Waals surface area contributed by atoms with E-state index in [2.05, 4.69) is 30.8 Å². The van der Waals surface area contributed by atoms with Gasteiger partial charge in [0.15, 0.2) is 5.82 Å². The summed E-state index contributed by atoms with van der Waals surface area (Å²) in [5.74, 6) is 0.469. The fourth-order valence-corrected chi connectivity index (χ4v) is 3.17. The number of halogens is 3. The van der Waals surface area contributed by atoms with E-state index in [1.807, 2.05) is 18.4 Å². The number of nitrogens with zero attached hydrogens (tertiary/aromatic N) is 5. The minimum absolute atomic E-state index is 0.0102. The van der Waals surface area contributed by atoms with Gasteiger partial charge in [-0.1, -0.05) is 18.2 Å². The number of rotatable bonds is 6. The number of hydrogen-bond acceptors (Lipinski definition) is 6. The van der Waals surface area contributed by atoms with E-state index in [1.54, 1.807) is 42.7 Å². The molecule has 174 valence electrons. The number of anilines is 3. The molecule has 4 aromatic rings. The fraction of sp³-hybridized carbons (Fsp3) is 0.174. The number of amides is 1. The average Bonchev–Trinajstić information content (AvgIpc) is 3.30. The Morgan fingerprint density at radius 3 is 2.47 bits per heavy atom. The van der Waals surface area contributed by atoms with Crippen LogP contribution in [0.25, 0.3) is 11.5 Å². The second-order valence-corrected chi connectivity index (χ2v) is 7.63. The van der Waals surface area contributed by atoms with Crippen LogP contribution >= 0.6 is 0 Å². The highest BCUT2D eigenvalue weighted by atomic mass is 19.4. The summed E-state index contributed by atoms with van der Waals surface area (Å²) >= 11 is 0. The lowest BCUT2D eigenvalue weighted by molar-refractivity contribution is -0.141. The number of benzene rings is 1. The molecule has 3 aromatic heterocycles. The van der Waals surface area contributed by atoms with Gasteiger partial charge in [0, 0.05) is 17.3 Å². The van der Waals surface area contributed by atoms with Crippen LogP contribution in [0, 0.1) is 0 Å². The zero-order valence-electron chi connectivity index (χ0n) is 18.2. The van der Waals surface area contributed by atoms with E-state index in [-0.39, 0.29) is 17.4 Å². The highest BCUT2D eigenvalue weighted by molar-refractivity contribution is 6.04. The van der Waals surface area contributed by atoms with Gasteiger partial charge in [-0.05, 0) is 56.3 Å². The van der Waals surface area contributed by atoms with Crippen LogP contribution in [-0.2, 0) is 6.18 Å². The van der Waals surface area contributed by atoms with Crippen molar-refractivity contribution in [3.05, 3.63) is 78.2 Å². The third-order valence-electron chi connectivity index (χ3n) is 4.79. The molecule has 0 bridgehead atoms. The van der Waals surface area contributed by atoms with E-state index in [0.717, 1.165) is 6.07 Å². The predicted molar refractivity (Wildman–Crippen MR) is 121 cm³/mol. The van der Waals surface area contributed by atoms with Crippen LogP contribution in [0.4, 0.5) is 30.5 Å². The first-order chi connectivity index (χ1) is 16.2. The molecule has 34 heavy (non-hydrogen) atoms. The summed E-state index contributed by atoms with van der Waals surface area (Å²) in [6, 6.07) is 15.2. The molecule has 0 aliphatic heterocycles. The second-order valence-electron chi connectivity index (χ2n) is 7.63. The zero-order chi connectivity index (χ0) is 24.3. The van der Waals surface area contributed by atoms with Crippen LogP contribution in [0.1, 0.15) is 35.9 Å². The second kappa shape index (κ2) is 9.30. The summed E-state index contributed by atoms with van der Waals surface area (Å²) in [5.41, 5.74) is 0.237. The molecule has 0 saturated heterocycles. The zero-order valence-corrected chi connectivity index (χ0v) is 18.2. The highest BCUT2D eigenvalue weighted by Gasteiger charge is 2.32. The van der Waals surface area contributed by atoms with E-state index >= 15 is 0 Å². The summed E-state index contributed by atoms with van der Waals surface area (Å²) < 4.78 is 40.6. The van der Waals surface area contributed by atoms with Crippen molar-refractivity contribution < 1.29 is 18.0 Å². The predicted octanol–water partition coefficient (Wildman–Crippen LogP) is 5.33. The maximum Gasteiger partial charge on any atom is 0.433 e. The van der Waals surface area contributed by atoms with Crippen molar-refractivity contribution in [3.8, 4) is 11.5 Å². The number of alkyl halides is 3. The van der Waals surface area contributed by atoms with Crippen molar-refractivity contribution in [3.63, 3.8) is 0 Å². The van der Waals surface area contributed by atoms with Gasteiger partial charge >= 0.3 is 6.18 Å². The Morgan fingerprint density at radius 1 is 0.971 bits per heavy atom. The van der Waals surface area contributed by atoms with Crippen LogP contribution < -0.4 is 10.6 Å². The van der Waals surface area contributed by atoms with E-state index in [0.29, 0.717) is 23.0 Å². The topological polar surface area (TPSA) is 97.6 Å². The first-order valence-corrected chi connectivity index (χ1v) is 10.3. The summed E-state index contributed by atoms with van der Waals surface area (Å²) in [5, 5.41) is 13.6. The lowest BCUT2D eigenvalue weighted by atomic mass is 10.2. The molecule has 1 aromatic carbocycles. The number of aromatic nitrogens is 5. The van der Waals surface area contributed by atoms with Gasteiger partial charge in [-0.3, -0.25) is 4.79 Å². The molecule has 11 heteroatoms. The molecule has 0 aliphatic carbocycles. The minimum Gasteiger partial charge on any atom is -0.340 e. The number of carbonyl (C=O) groups is 1. The number of nitrogens with one attached hydrogen (secondary N) is 2. The van der Waals surface area contributed by atoms with Crippen LogP contribution in [0.2, 0.25) is 0 Å². The molecule has 0 unspecified atom stereocenters. The molecule has 0 atom stereocenters. The summed E-state index contributed by atoms with van der Waals surface area (Å²) in [7, 11) is 0. The quantitative estimate of drug-likeness (QED) is 0.398. The summed E-state index contributed by atoms with van der Waals surface area (Å²) in [4.78, 5) is 20.8. The average molecular weight is 467 g/mol. The van der Waals surface area contributed by atoms with Gasteiger partial charge in [0.25, 0.3) is 5.91 Å². The molecule has 2 N–H and O–H groups in total. The summed E-state index contributed by atoms with van der Waals surface area (Å²) in [6.45, 7) is 3.99. The smallest absolute Gasteiger partial charge is 0.340 e. The van der Waals surface area contributed by atoms with Crippen LogP contribution in [0.5, 0.6) is 0 Å². The van der Waals surface area contributed by atoms with E-state index < -0.39 is 17.8 Å². The molecule has 0 radical (unpaired) electrons. The molecule has 0 spiro atoms. The van der Waals surface area contributed by atoms with Crippen molar-refractivity contribution >= 4 is 23.2 Å². The minimum atomic E-state index is -4.55. The van der Waals surface area contributed by atoms with Crippen molar-refractivity contribution in [2.45, 2.75) is 26.1 Å². The Bertz CT molecular complexity index is 1320. The highest BCUT2D eigenvalue weighted by Crippen LogP contribution is 2.29. The largest absolute Gasteiger partial charge is 0.433 e. The van der Waals surface area contributed by atoms with Gasteiger partial charge in [-0.15, -0.1) is 10.2 Å². The Hall–Kier alpha value is -4.28. The SMILES string of the molecule is CC(C)n1cnnc1-c1cccc(NC(=O)c2cccc(Nc3cccc(C(F)(F)F)n3)c2)n1. The molecule has 8 nitrogen and oxygen atoms in total. The maximum atomic E-state index is 12.9. The molecule has 0 saturated carbocycles. The maximum absolute atomic E-state index is 12.9. The number of hydrogen-bond donors (Lipinski definition) is 2. The van der Waals surface area contributed by atoms with Crippen molar-refractivity contribution in [2.24, 2.45) is 0 Å². The standard InChI is InChI=1S/C23H20F3N7O/c1-14(2)33-13-27-32-21(33)17-8-4-10-20(29-17)31-22(34)15-6-3-7-16(12-15)28-19-11-5-9-18(30-19)23(24,25)26/h3-14H,1-2H3,(H,28,30)(H,29,31,34). The molecule has 0 aliphatic rings. The van der Waals surface area contributed by atoms with Gasteiger partial charge in [0.2, 0.25) is 0 Å². The third kappa shape index (κ3) is 5.20. The van der Waals surface area contributed by atoms with Gasteiger partial charge in [0.1, 0.15) is 29.4 Å². The molecule has 1 amide bonds. The number of pyridine rings is 2. The Labute approximate surface area is 192 Å². The monoisotopic (exact) mass is 467 g/mol. The van der Waals surface area contributed by atoms with Crippen LogP contribution in [0.15, 0.2) is 67.0 Å². The number of carbonyl (C=O) groups excluding carboxylic acids is 1. The Morgan fingerprint density at radius 2 is 1.71 bits per heavy atom.